The highest BCUT2D eigenvalue weighted by Crippen LogP contribution is 2.61. The Hall–Kier alpha value is -2.77. The number of hydrogen-bond donors (Lipinski definition) is 5. The third-order valence-electron chi connectivity index (χ3n) is 5.91. The van der Waals surface area contributed by atoms with Crippen LogP contribution in [0.15, 0.2) is 59.5 Å². The number of carbonyl (C=O) groups excluding carboxylic acids is 1. The number of phosphoric acid groups is 1. The molecule has 210 valence electrons. The molecule has 14 nitrogen and oxygen atoms in total. The Bertz CT molecular complexity index is 1510. The molecule has 1 saturated heterocycles. The molecule has 1 aliphatic heterocycles. The van der Waals surface area contributed by atoms with Gasteiger partial charge in [-0.05, 0) is 22.4 Å². The molecular formula is C23H27N3O11P2. The van der Waals surface area contributed by atoms with E-state index in [0.29, 0.717) is 10.9 Å². The van der Waals surface area contributed by atoms with E-state index < -0.39 is 58.4 Å². The number of carbonyl (C=O) groups is 1. The molecule has 16 heteroatoms. The first-order valence-electron chi connectivity index (χ1n) is 11.8. The first kappa shape index (κ1) is 29.2. The molecule has 39 heavy (non-hydrogen) atoms. The van der Waals surface area contributed by atoms with Gasteiger partial charge in [-0.25, -0.2) is 13.7 Å². The molecule has 0 saturated carbocycles. The molecule has 1 aliphatic rings. The summed E-state index contributed by atoms with van der Waals surface area (Å²) in [4.78, 5) is 47.9. The number of rotatable bonds is 10. The van der Waals surface area contributed by atoms with E-state index in [0.717, 1.165) is 9.95 Å². The van der Waals surface area contributed by atoms with Crippen LogP contribution in [0.4, 0.5) is 5.82 Å². The number of anilines is 1. The fraction of sp³-hybridized carbons (Fsp3) is 0.348. The fourth-order valence-corrected chi connectivity index (χ4v) is 6.78. The molecule has 5 N–H and O–H groups in total. The largest absolute Gasteiger partial charge is 0.479 e. The van der Waals surface area contributed by atoms with E-state index in [4.69, 9.17) is 9.26 Å². The first-order chi connectivity index (χ1) is 18.4. The topological polar surface area (TPSA) is 207 Å². The Morgan fingerprint density at radius 2 is 1.82 bits per heavy atom. The Morgan fingerprint density at radius 1 is 1.10 bits per heavy atom. The van der Waals surface area contributed by atoms with E-state index in [2.05, 4.69) is 14.6 Å². The molecule has 4 unspecified atom stereocenters. The van der Waals surface area contributed by atoms with E-state index in [1.807, 2.05) is 0 Å². The number of hydrogen-bond acceptors (Lipinski definition) is 10. The van der Waals surface area contributed by atoms with Crippen LogP contribution in [-0.2, 0) is 33.7 Å². The molecule has 0 spiro atoms. The molecule has 3 aromatic rings. The van der Waals surface area contributed by atoms with Crippen LogP contribution in [0.1, 0.15) is 25.1 Å². The maximum atomic E-state index is 12.7. The van der Waals surface area contributed by atoms with Gasteiger partial charge in [0.1, 0.15) is 24.1 Å². The number of ether oxygens (including phenoxy) is 1. The van der Waals surface area contributed by atoms with E-state index in [-0.39, 0.29) is 18.1 Å². The lowest BCUT2D eigenvalue weighted by Crippen LogP contribution is -2.36. The molecule has 0 bridgehead atoms. The summed E-state index contributed by atoms with van der Waals surface area (Å²) in [6, 6.07) is 13.4. The van der Waals surface area contributed by atoms with Crippen LogP contribution in [-0.4, -0.2) is 60.4 Å². The normalized spacial score (nSPS) is 24.2. The van der Waals surface area contributed by atoms with Gasteiger partial charge in [-0.1, -0.05) is 49.4 Å². The van der Waals surface area contributed by atoms with Crippen molar-refractivity contribution in [3.8, 4) is 0 Å². The van der Waals surface area contributed by atoms with Crippen molar-refractivity contribution in [3.63, 3.8) is 0 Å². The minimum atomic E-state index is -5.14. The maximum Gasteiger partial charge on any atom is 0.479 e. The minimum Gasteiger partial charge on any atom is -0.387 e. The second kappa shape index (κ2) is 11.8. The average Bonchev–Trinajstić information content (AvgIpc) is 3.15. The number of benzene rings is 2. The maximum absolute atomic E-state index is 12.7. The summed E-state index contributed by atoms with van der Waals surface area (Å²) in [6.45, 7) is 0.785. The zero-order chi connectivity index (χ0) is 28.4. The predicted octanol–water partition coefficient (Wildman–Crippen LogP) is 1.88. The van der Waals surface area contributed by atoms with Gasteiger partial charge in [0.25, 0.3) is 0 Å². The quantitative estimate of drug-likeness (QED) is 0.217. The van der Waals surface area contributed by atoms with Gasteiger partial charge in [-0.3, -0.25) is 18.5 Å². The van der Waals surface area contributed by atoms with Crippen molar-refractivity contribution in [2.45, 2.75) is 44.0 Å². The zero-order valence-electron chi connectivity index (χ0n) is 20.6. The second-order valence-electron chi connectivity index (χ2n) is 8.73. The Morgan fingerprint density at radius 3 is 2.54 bits per heavy atom. The van der Waals surface area contributed by atoms with Crippen molar-refractivity contribution in [2.75, 3.05) is 11.9 Å². The Labute approximate surface area is 222 Å². The number of phosphoric ester groups is 1. The lowest BCUT2D eigenvalue weighted by atomic mass is 10.1. The van der Waals surface area contributed by atoms with Gasteiger partial charge in [0.15, 0.2) is 6.23 Å². The van der Waals surface area contributed by atoms with Gasteiger partial charge >= 0.3 is 21.1 Å². The van der Waals surface area contributed by atoms with Crippen molar-refractivity contribution in [1.82, 2.24) is 9.55 Å². The van der Waals surface area contributed by atoms with Gasteiger partial charge in [0, 0.05) is 12.6 Å². The summed E-state index contributed by atoms with van der Waals surface area (Å²) in [5.41, 5.74) is -0.494. The lowest BCUT2D eigenvalue weighted by molar-refractivity contribution is -0.115. The van der Waals surface area contributed by atoms with Crippen molar-refractivity contribution in [3.05, 3.63) is 70.8 Å². The highest BCUT2D eigenvalue weighted by atomic mass is 31.3. The van der Waals surface area contributed by atoms with Gasteiger partial charge in [0.05, 0.1) is 12.8 Å². The zero-order valence-corrected chi connectivity index (χ0v) is 22.4. The SMILES string of the molecule is CCC(=O)Nc1ccn([C@@H]2O[C@H](COP(=O)(O)OP(=O)(O)Cc3cccc4ccccc34)C(O)C2O)c(=O)n1. The van der Waals surface area contributed by atoms with Crippen molar-refractivity contribution in [1.29, 1.82) is 0 Å². The highest BCUT2D eigenvalue weighted by molar-refractivity contribution is 7.63. The first-order valence-corrected chi connectivity index (χ1v) is 15.0. The summed E-state index contributed by atoms with van der Waals surface area (Å²) in [7, 11) is -9.83. The summed E-state index contributed by atoms with van der Waals surface area (Å²) < 4.78 is 40.8. The van der Waals surface area contributed by atoms with Crippen LogP contribution in [0.2, 0.25) is 0 Å². The summed E-state index contributed by atoms with van der Waals surface area (Å²) >= 11 is 0. The van der Waals surface area contributed by atoms with Crippen LogP contribution in [0.5, 0.6) is 0 Å². The number of aromatic nitrogens is 2. The van der Waals surface area contributed by atoms with Crippen LogP contribution in [0.25, 0.3) is 10.8 Å². The predicted molar refractivity (Wildman–Crippen MR) is 138 cm³/mol. The van der Waals surface area contributed by atoms with Crippen LogP contribution in [0.3, 0.4) is 0 Å². The van der Waals surface area contributed by atoms with Crippen LogP contribution < -0.4 is 11.0 Å². The van der Waals surface area contributed by atoms with E-state index in [1.54, 1.807) is 49.4 Å². The van der Waals surface area contributed by atoms with Gasteiger partial charge in [-0.2, -0.15) is 4.98 Å². The fourth-order valence-electron chi connectivity index (χ4n) is 4.03. The molecule has 6 atom stereocenters. The summed E-state index contributed by atoms with van der Waals surface area (Å²) in [5, 5.41) is 24.6. The average molecular weight is 583 g/mol. The molecule has 1 fully saturated rings. The van der Waals surface area contributed by atoms with Crippen LogP contribution >= 0.6 is 15.4 Å². The van der Waals surface area contributed by atoms with Crippen LogP contribution in [0, 0.1) is 0 Å². The third-order valence-corrected chi connectivity index (χ3v) is 8.97. The highest BCUT2D eigenvalue weighted by Gasteiger charge is 2.46. The molecular weight excluding hydrogens is 556 g/mol. The Kier molecular flexibility index (Phi) is 8.82. The van der Waals surface area contributed by atoms with Crippen molar-refractivity contribution < 1.29 is 47.5 Å². The second-order valence-corrected chi connectivity index (χ2v) is 12.2. The molecule has 0 aliphatic carbocycles. The Balaban J connectivity index is 1.39. The van der Waals surface area contributed by atoms with Crippen molar-refractivity contribution >= 4 is 37.9 Å². The number of aliphatic hydroxyl groups is 2. The number of nitrogens with zero attached hydrogens (tertiary/aromatic N) is 2. The molecule has 2 aromatic carbocycles. The molecule has 1 aromatic heterocycles. The van der Waals surface area contributed by atoms with Gasteiger partial charge in [-0.15, -0.1) is 0 Å². The lowest BCUT2D eigenvalue weighted by Gasteiger charge is -2.20. The smallest absolute Gasteiger partial charge is 0.387 e. The minimum absolute atomic E-state index is 0.0219. The third kappa shape index (κ3) is 7.06. The van der Waals surface area contributed by atoms with Crippen molar-refractivity contribution in [2.24, 2.45) is 0 Å². The van der Waals surface area contributed by atoms with Gasteiger partial charge in [0.2, 0.25) is 5.91 Å². The van der Waals surface area contributed by atoms with Gasteiger partial charge < -0.3 is 30.1 Å². The number of amides is 1. The number of aliphatic hydroxyl groups excluding tert-OH is 2. The van der Waals surface area contributed by atoms with E-state index >= 15 is 0 Å². The molecule has 0 radical (unpaired) electrons. The van der Waals surface area contributed by atoms with E-state index in [9.17, 15) is 38.7 Å². The summed E-state index contributed by atoms with van der Waals surface area (Å²) in [5.74, 6) is -0.393. The number of fused-ring (bicyclic) bond motifs is 1. The molecule has 4 rings (SSSR count). The van der Waals surface area contributed by atoms with E-state index in [1.165, 1.54) is 12.3 Å². The molecule has 1 amide bonds. The standard InChI is InChI=1S/C23H27N3O11P2/c1-2-19(27)24-18-10-11-26(23(30)25-18)22-21(29)20(28)17(36-22)12-35-39(33,34)37-38(31,32)13-15-8-5-7-14-6-3-4-9-16(14)15/h3-11,17,20-22,28-29H,2,12-13H2,1H3,(H,31,32)(H,33,34)(H,24,25,27,30)/t17-,20?,21?,22-/m1/s1. The molecule has 2 heterocycles. The number of nitrogens with one attached hydrogen (secondary N) is 1. The summed E-state index contributed by atoms with van der Waals surface area (Å²) in [6.07, 6.45) is -5.43. The monoisotopic (exact) mass is 583 g/mol.